The minimum atomic E-state index is -0.918. The van der Waals surface area contributed by atoms with Crippen LogP contribution in [0, 0.1) is 0 Å². The van der Waals surface area contributed by atoms with E-state index in [9.17, 15) is 9.59 Å². The Bertz CT molecular complexity index is 1240. The van der Waals surface area contributed by atoms with Crippen LogP contribution in [0.2, 0.25) is 0 Å². The Hall–Kier alpha value is -3.73. The third-order valence-electron chi connectivity index (χ3n) is 6.57. The molecule has 0 saturated heterocycles. The predicted octanol–water partition coefficient (Wildman–Crippen LogP) is 8.80. The van der Waals surface area contributed by atoms with Gasteiger partial charge in [0, 0.05) is 13.0 Å². The van der Waals surface area contributed by atoms with Crippen LogP contribution in [0.1, 0.15) is 88.4 Å². The fourth-order valence-corrected chi connectivity index (χ4v) is 4.21. The molecule has 3 aromatic carbocycles. The highest BCUT2D eigenvalue weighted by Crippen LogP contribution is 2.23. The molecule has 1 heterocycles. The highest BCUT2D eigenvalue weighted by Gasteiger charge is 2.26. The average molecular weight is 529 g/mol. The van der Waals surface area contributed by atoms with E-state index in [1.807, 2.05) is 45.0 Å². The van der Waals surface area contributed by atoms with Crippen LogP contribution in [-0.4, -0.2) is 34.4 Å². The topological polar surface area (TPSA) is 70.0 Å². The van der Waals surface area contributed by atoms with Crippen LogP contribution in [0.25, 0.3) is 11.1 Å². The molecule has 3 aromatic rings. The number of benzene rings is 3. The zero-order chi connectivity index (χ0) is 29.0. The number of nitrogens with zero attached hydrogens (tertiary/aromatic N) is 2. The Morgan fingerprint density at radius 2 is 1.49 bits per heavy atom. The number of amidine groups is 1. The molecule has 0 atom stereocenters. The number of carboxylic acid groups (broad SMARTS) is 1. The largest absolute Gasteiger partial charge is 0.478 e. The van der Waals surface area contributed by atoms with Gasteiger partial charge in [0.1, 0.15) is 5.84 Å². The van der Waals surface area contributed by atoms with E-state index in [1.165, 1.54) is 16.7 Å². The molecule has 1 aliphatic heterocycles. The first-order valence-corrected chi connectivity index (χ1v) is 14.0. The molecule has 1 aliphatic rings. The lowest BCUT2D eigenvalue weighted by molar-refractivity contribution is 0.0697. The van der Waals surface area contributed by atoms with Gasteiger partial charge in [0.05, 0.1) is 5.56 Å². The van der Waals surface area contributed by atoms with Gasteiger partial charge < -0.3 is 5.11 Å². The summed E-state index contributed by atoms with van der Waals surface area (Å²) in [6.45, 7) is 15.5. The Morgan fingerprint density at radius 1 is 0.846 bits per heavy atom. The summed E-state index contributed by atoms with van der Waals surface area (Å²) < 4.78 is 0. The van der Waals surface area contributed by atoms with Crippen molar-refractivity contribution < 1.29 is 14.7 Å². The lowest BCUT2D eigenvalue weighted by atomic mass is 9.86. The molecular formula is C34H44N2O3. The second-order valence-corrected chi connectivity index (χ2v) is 10.3. The van der Waals surface area contributed by atoms with E-state index < -0.39 is 5.97 Å². The van der Waals surface area contributed by atoms with Crippen LogP contribution in [0.5, 0.6) is 0 Å². The fraction of sp³-hybridized carbons (Fsp3) is 0.382. The molecule has 0 radical (unpaired) electrons. The molecule has 5 nitrogen and oxygen atoms in total. The van der Waals surface area contributed by atoms with E-state index in [1.54, 1.807) is 17.0 Å². The van der Waals surface area contributed by atoms with Gasteiger partial charge in [0.25, 0.3) is 0 Å². The van der Waals surface area contributed by atoms with Gasteiger partial charge in [-0.1, -0.05) is 102 Å². The Kier molecular flexibility index (Phi) is 12.1. The molecular weight excluding hydrogens is 484 g/mol. The Labute approximate surface area is 234 Å². The third-order valence-corrected chi connectivity index (χ3v) is 6.57. The van der Waals surface area contributed by atoms with Gasteiger partial charge in [-0.25, -0.2) is 9.59 Å². The molecule has 0 fully saturated rings. The maximum atomic E-state index is 11.3. The number of urea groups is 1. The maximum Gasteiger partial charge on any atom is 0.350 e. The Balaban J connectivity index is 0.000000320. The van der Waals surface area contributed by atoms with Crippen molar-refractivity contribution in [2.24, 2.45) is 4.99 Å². The molecule has 39 heavy (non-hydrogen) atoms. The zero-order valence-electron chi connectivity index (χ0n) is 24.6. The van der Waals surface area contributed by atoms with Crippen LogP contribution in [0.15, 0.2) is 77.8 Å². The van der Waals surface area contributed by atoms with Crippen molar-refractivity contribution in [2.75, 3.05) is 6.54 Å². The van der Waals surface area contributed by atoms with E-state index in [-0.39, 0.29) is 17.0 Å². The van der Waals surface area contributed by atoms with Crippen molar-refractivity contribution in [1.29, 1.82) is 0 Å². The number of hydrogen-bond donors (Lipinski definition) is 1. The number of carboxylic acids is 1. The standard InChI is InChI=1S/C20H20N2O3.C12H18.C2H6/c1-2-22-18(21-20(22)25)8-4-6-14-5-3-7-17(13-14)15-9-11-16(12-10-15)19(23)24;1-5-10-6-8-11(9-7-10)12(2,3)4;1-2/h3,5,7,9-13H,2,4,6,8H2,1H3,(H,23,24);6-9H,5H2,1-4H3;1-2H3. The second kappa shape index (κ2) is 15.0. The van der Waals surface area contributed by atoms with Crippen LogP contribution < -0.4 is 0 Å². The molecule has 0 bridgehead atoms. The summed E-state index contributed by atoms with van der Waals surface area (Å²) in [6, 6.07) is 23.9. The number of hydrogen-bond acceptors (Lipinski definition) is 2. The monoisotopic (exact) mass is 528 g/mol. The number of carbonyl (C=O) groups excluding carboxylic acids is 1. The molecule has 0 aliphatic carbocycles. The highest BCUT2D eigenvalue weighted by atomic mass is 16.4. The zero-order valence-corrected chi connectivity index (χ0v) is 24.6. The van der Waals surface area contributed by atoms with Crippen LogP contribution >= 0.6 is 0 Å². The van der Waals surface area contributed by atoms with Crippen molar-refractivity contribution in [3.8, 4) is 11.1 Å². The molecule has 0 unspecified atom stereocenters. The first-order valence-electron chi connectivity index (χ1n) is 14.0. The summed E-state index contributed by atoms with van der Waals surface area (Å²) in [4.78, 5) is 27.9. The number of aliphatic imine (C=N–C) groups is 1. The van der Waals surface area contributed by atoms with E-state index in [0.29, 0.717) is 6.54 Å². The summed E-state index contributed by atoms with van der Waals surface area (Å²) in [5, 5.41) is 8.98. The number of rotatable bonds is 8. The average Bonchev–Trinajstić information content (AvgIpc) is 2.94. The fourth-order valence-electron chi connectivity index (χ4n) is 4.21. The molecule has 2 amide bonds. The van der Waals surface area contributed by atoms with Gasteiger partial charge in [-0.05, 0) is 71.6 Å². The molecule has 208 valence electrons. The summed E-state index contributed by atoms with van der Waals surface area (Å²) in [5.41, 5.74) is 6.69. The summed E-state index contributed by atoms with van der Waals surface area (Å²) in [5.74, 6) is -0.0354. The second-order valence-electron chi connectivity index (χ2n) is 10.3. The van der Waals surface area contributed by atoms with Gasteiger partial charge >= 0.3 is 12.0 Å². The third kappa shape index (κ3) is 9.20. The maximum absolute atomic E-state index is 11.3. The summed E-state index contributed by atoms with van der Waals surface area (Å²) in [7, 11) is 0. The molecule has 0 saturated carbocycles. The molecule has 1 N–H and O–H groups in total. The first-order chi connectivity index (χ1) is 18.6. The normalized spacial score (nSPS) is 12.3. The van der Waals surface area contributed by atoms with Gasteiger partial charge in [-0.15, -0.1) is 0 Å². The van der Waals surface area contributed by atoms with Crippen molar-refractivity contribution in [3.63, 3.8) is 0 Å². The van der Waals surface area contributed by atoms with Crippen molar-refractivity contribution in [3.05, 3.63) is 95.1 Å². The molecule has 0 spiro atoms. The number of carbonyl (C=O) groups is 2. The minimum absolute atomic E-state index is 0.135. The van der Waals surface area contributed by atoms with Crippen molar-refractivity contribution in [1.82, 2.24) is 4.90 Å². The number of amides is 2. The molecule has 0 aromatic heterocycles. The lowest BCUT2D eigenvalue weighted by Crippen LogP contribution is -2.43. The van der Waals surface area contributed by atoms with E-state index >= 15 is 0 Å². The summed E-state index contributed by atoms with van der Waals surface area (Å²) in [6.07, 6.45) is 3.78. The van der Waals surface area contributed by atoms with Crippen molar-refractivity contribution in [2.45, 2.75) is 79.6 Å². The minimum Gasteiger partial charge on any atom is -0.478 e. The first kappa shape index (κ1) is 31.5. The SMILES string of the molecule is CC.CCN1C(=O)N=C1CCCc1cccc(-c2ccc(C(=O)O)cc2)c1.CCc1ccc(C(C)(C)C)cc1. The van der Waals surface area contributed by atoms with Gasteiger partial charge in [-0.3, -0.25) is 4.90 Å². The number of aryl methyl sites for hydroxylation is 2. The predicted molar refractivity (Wildman–Crippen MR) is 163 cm³/mol. The van der Waals surface area contributed by atoms with E-state index in [4.69, 9.17) is 5.11 Å². The van der Waals surface area contributed by atoms with Crippen LogP contribution in [-0.2, 0) is 18.3 Å². The van der Waals surface area contributed by atoms with E-state index in [2.05, 4.69) is 69.1 Å². The highest BCUT2D eigenvalue weighted by molar-refractivity contribution is 6.11. The quantitative estimate of drug-likeness (QED) is 0.317. The van der Waals surface area contributed by atoms with Gasteiger partial charge in [-0.2, -0.15) is 4.99 Å². The van der Waals surface area contributed by atoms with Crippen molar-refractivity contribution >= 4 is 17.8 Å². The van der Waals surface area contributed by atoms with E-state index in [0.717, 1.165) is 42.6 Å². The van der Waals surface area contributed by atoms with Gasteiger partial charge in [0.2, 0.25) is 0 Å². The van der Waals surface area contributed by atoms with Crippen LogP contribution in [0.4, 0.5) is 4.79 Å². The smallest absolute Gasteiger partial charge is 0.350 e. The lowest BCUT2D eigenvalue weighted by Gasteiger charge is -2.27. The van der Waals surface area contributed by atoms with Gasteiger partial charge in [0.15, 0.2) is 0 Å². The van der Waals surface area contributed by atoms with Crippen LogP contribution in [0.3, 0.4) is 0 Å². The summed E-state index contributed by atoms with van der Waals surface area (Å²) >= 11 is 0. The molecule has 4 rings (SSSR count). The Morgan fingerprint density at radius 3 is 2.00 bits per heavy atom. The number of aromatic carboxylic acids is 1. The molecule has 5 heteroatoms.